The van der Waals surface area contributed by atoms with E-state index in [1.807, 2.05) is 36.4 Å². The maximum absolute atomic E-state index is 12.3. The van der Waals surface area contributed by atoms with E-state index in [1.165, 1.54) is 6.33 Å². The largest absolute Gasteiger partial charge is 0.378 e. The highest BCUT2D eigenvalue weighted by Crippen LogP contribution is 2.16. The van der Waals surface area contributed by atoms with Gasteiger partial charge in [-0.15, -0.1) is 5.10 Å². The summed E-state index contributed by atoms with van der Waals surface area (Å²) in [5.74, 6) is 0.806. The molecule has 3 aromatic rings. The van der Waals surface area contributed by atoms with Crippen molar-refractivity contribution in [1.82, 2.24) is 25.2 Å². The Morgan fingerprint density at radius 3 is 2.59 bits per heavy atom. The van der Waals surface area contributed by atoms with E-state index in [9.17, 15) is 4.79 Å². The number of benzene rings is 1. The first-order valence-electron chi connectivity index (χ1n) is 8.69. The van der Waals surface area contributed by atoms with Gasteiger partial charge in [-0.2, -0.15) is 0 Å². The standard InChI is InChI=1S/C18H19N7O2/c26-18(11-14-1-4-16(5-2-14)25-13-20-22-23-25)21-15-3-6-17(19-12-15)24-7-9-27-10-8-24/h1-6,12-13H,7-11H2,(H,21,26). The monoisotopic (exact) mass is 365 g/mol. The number of anilines is 2. The molecule has 1 fully saturated rings. The van der Waals surface area contributed by atoms with Crippen molar-refractivity contribution < 1.29 is 9.53 Å². The molecule has 2 aromatic heterocycles. The van der Waals surface area contributed by atoms with Gasteiger partial charge in [0, 0.05) is 13.1 Å². The fourth-order valence-corrected chi connectivity index (χ4v) is 2.88. The Morgan fingerprint density at radius 2 is 1.93 bits per heavy atom. The van der Waals surface area contributed by atoms with Crippen LogP contribution in [-0.4, -0.2) is 57.4 Å². The molecule has 0 saturated carbocycles. The molecule has 9 nitrogen and oxygen atoms in total. The van der Waals surface area contributed by atoms with Crippen LogP contribution in [0.1, 0.15) is 5.56 Å². The number of aromatic nitrogens is 5. The molecule has 9 heteroatoms. The molecule has 3 heterocycles. The van der Waals surface area contributed by atoms with E-state index >= 15 is 0 Å². The van der Waals surface area contributed by atoms with Crippen molar-refractivity contribution in [2.75, 3.05) is 36.5 Å². The van der Waals surface area contributed by atoms with Gasteiger partial charge in [-0.1, -0.05) is 12.1 Å². The maximum atomic E-state index is 12.3. The first kappa shape index (κ1) is 17.1. The Kier molecular flexibility index (Phi) is 5.01. The third-order valence-corrected chi connectivity index (χ3v) is 4.28. The third kappa shape index (κ3) is 4.26. The number of morpholine rings is 1. The van der Waals surface area contributed by atoms with Crippen molar-refractivity contribution in [3.8, 4) is 5.69 Å². The summed E-state index contributed by atoms with van der Waals surface area (Å²) in [5, 5.41) is 13.9. The maximum Gasteiger partial charge on any atom is 0.228 e. The molecule has 0 unspecified atom stereocenters. The summed E-state index contributed by atoms with van der Waals surface area (Å²) in [7, 11) is 0. The summed E-state index contributed by atoms with van der Waals surface area (Å²) in [5.41, 5.74) is 2.43. The van der Waals surface area contributed by atoms with Gasteiger partial charge in [-0.05, 0) is 40.3 Å². The Bertz CT molecular complexity index is 873. The van der Waals surface area contributed by atoms with Crippen LogP contribution in [0.15, 0.2) is 48.9 Å². The molecular formula is C18H19N7O2. The number of nitrogens with one attached hydrogen (secondary N) is 1. The van der Waals surface area contributed by atoms with Crippen LogP contribution in [0.4, 0.5) is 11.5 Å². The van der Waals surface area contributed by atoms with Crippen molar-refractivity contribution in [2.45, 2.75) is 6.42 Å². The molecule has 0 radical (unpaired) electrons. The summed E-state index contributed by atoms with van der Waals surface area (Å²) < 4.78 is 6.91. The fraction of sp³-hybridized carbons (Fsp3) is 0.278. The predicted octanol–water partition coefficient (Wildman–Crippen LogP) is 1.08. The average molecular weight is 365 g/mol. The minimum absolute atomic E-state index is 0.0916. The van der Waals surface area contributed by atoms with Crippen molar-refractivity contribution in [1.29, 1.82) is 0 Å². The fourth-order valence-electron chi connectivity index (χ4n) is 2.88. The number of hydrogen-bond acceptors (Lipinski definition) is 7. The number of nitrogens with zero attached hydrogens (tertiary/aromatic N) is 6. The lowest BCUT2D eigenvalue weighted by Gasteiger charge is -2.27. The van der Waals surface area contributed by atoms with E-state index in [4.69, 9.17) is 4.74 Å². The molecule has 0 bridgehead atoms. The highest BCUT2D eigenvalue weighted by Gasteiger charge is 2.12. The van der Waals surface area contributed by atoms with E-state index in [-0.39, 0.29) is 12.3 Å². The van der Waals surface area contributed by atoms with Crippen molar-refractivity contribution in [3.05, 3.63) is 54.5 Å². The van der Waals surface area contributed by atoms with Crippen LogP contribution in [0.5, 0.6) is 0 Å². The van der Waals surface area contributed by atoms with Gasteiger partial charge in [-0.3, -0.25) is 4.79 Å². The van der Waals surface area contributed by atoms with E-state index in [1.54, 1.807) is 10.9 Å². The van der Waals surface area contributed by atoms with Gasteiger partial charge in [-0.25, -0.2) is 9.67 Å². The van der Waals surface area contributed by atoms with Crippen LogP contribution in [-0.2, 0) is 16.0 Å². The topological polar surface area (TPSA) is 98.1 Å². The molecule has 0 spiro atoms. The smallest absolute Gasteiger partial charge is 0.228 e. The van der Waals surface area contributed by atoms with E-state index < -0.39 is 0 Å². The SMILES string of the molecule is O=C(Cc1ccc(-n2cnnn2)cc1)Nc1ccc(N2CCOCC2)nc1. The van der Waals surface area contributed by atoms with Gasteiger partial charge in [0.2, 0.25) is 5.91 Å². The lowest BCUT2D eigenvalue weighted by atomic mass is 10.1. The van der Waals surface area contributed by atoms with Crippen LogP contribution < -0.4 is 10.2 Å². The summed E-state index contributed by atoms with van der Waals surface area (Å²) in [6, 6.07) is 11.3. The lowest BCUT2D eigenvalue weighted by molar-refractivity contribution is -0.115. The molecule has 0 atom stereocenters. The Balaban J connectivity index is 1.33. The number of carbonyl (C=O) groups excluding carboxylic acids is 1. The van der Waals surface area contributed by atoms with E-state index in [0.717, 1.165) is 30.2 Å². The molecule has 0 aliphatic carbocycles. The predicted molar refractivity (Wildman–Crippen MR) is 98.8 cm³/mol. The van der Waals surface area contributed by atoms with Crippen LogP contribution in [0.25, 0.3) is 5.69 Å². The summed E-state index contributed by atoms with van der Waals surface area (Å²) >= 11 is 0. The molecule has 1 aliphatic heterocycles. The van der Waals surface area contributed by atoms with Crippen LogP contribution in [0.2, 0.25) is 0 Å². The molecule has 138 valence electrons. The molecular weight excluding hydrogens is 346 g/mol. The molecule has 1 aromatic carbocycles. The Morgan fingerprint density at radius 1 is 1.11 bits per heavy atom. The summed E-state index contributed by atoms with van der Waals surface area (Å²) in [6.07, 6.45) is 3.49. The van der Waals surface area contributed by atoms with E-state index in [2.05, 4.69) is 30.7 Å². The average Bonchev–Trinajstić information content (AvgIpc) is 3.25. The number of tetrazole rings is 1. The quantitative estimate of drug-likeness (QED) is 0.722. The molecule has 1 saturated heterocycles. The number of pyridine rings is 1. The minimum atomic E-state index is -0.0916. The highest BCUT2D eigenvalue weighted by atomic mass is 16.5. The van der Waals surface area contributed by atoms with Crippen molar-refractivity contribution >= 4 is 17.4 Å². The van der Waals surface area contributed by atoms with Crippen molar-refractivity contribution in [3.63, 3.8) is 0 Å². The second-order valence-corrected chi connectivity index (χ2v) is 6.15. The minimum Gasteiger partial charge on any atom is -0.378 e. The number of amides is 1. The number of hydrogen-bond donors (Lipinski definition) is 1. The summed E-state index contributed by atoms with van der Waals surface area (Å²) in [6.45, 7) is 3.09. The van der Waals surface area contributed by atoms with Gasteiger partial charge in [0.15, 0.2) is 0 Å². The molecule has 1 amide bonds. The van der Waals surface area contributed by atoms with E-state index in [0.29, 0.717) is 18.9 Å². The van der Waals surface area contributed by atoms with Crippen LogP contribution >= 0.6 is 0 Å². The number of rotatable bonds is 5. The van der Waals surface area contributed by atoms with Crippen LogP contribution in [0, 0.1) is 0 Å². The first-order chi connectivity index (χ1) is 13.3. The van der Waals surface area contributed by atoms with Gasteiger partial charge in [0.1, 0.15) is 12.1 Å². The van der Waals surface area contributed by atoms with Gasteiger partial charge < -0.3 is 15.0 Å². The molecule has 27 heavy (non-hydrogen) atoms. The number of carbonyl (C=O) groups is 1. The highest BCUT2D eigenvalue weighted by molar-refractivity contribution is 5.92. The van der Waals surface area contributed by atoms with Gasteiger partial charge in [0.05, 0.1) is 37.2 Å². The molecule has 1 aliphatic rings. The Labute approximate surface area is 156 Å². The summed E-state index contributed by atoms with van der Waals surface area (Å²) in [4.78, 5) is 18.9. The molecule has 1 N–H and O–H groups in total. The third-order valence-electron chi connectivity index (χ3n) is 4.28. The lowest BCUT2D eigenvalue weighted by Crippen LogP contribution is -2.36. The first-order valence-corrected chi connectivity index (χ1v) is 8.69. The number of ether oxygens (including phenoxy) is 1. The normalized spacial score (nSPS) is 14.1. The second-order valence-electron chi connectivity index (χ2n) is 6.15. The van der Waals surface area contributed by atoms with Gasteiger partial charge in [0.25, 0.3) is 0 Å². The zero-order valence-corrected chi connectivity index (χ0v) is 14.7. The zero-order valence-electron chi connectivity index (χ0n) is 14.7. The second kappa shape index (κ2) is 7.92. The Hall–Kier alpha value is -3.33. The van der Waals surface area contributed by atoms with Crippen LogP contribution in [0.3, 0.4) is 0 Å². The zero-order chi connectivity index (χ0) is 18.5. The van der Waals surface area contributed by atoms with Gasteiger partial charge >= 0.3 is 0 Å². The molecule has 4 rings (SSSR count). The van der Waals surface area contributed by atoms with Crippen molar-refractivity contribution in [2.24, 2.45) is 0 Å².